The van der Waals surface area contributed by atoms with E-state index in [0.717, 1.165) is 78.1 Å². The van der Waals surface area contributed by atoms with Crippen molar-refractivity contribution in [1.82, 2.24) is 0 Å². The summed E-state index contributed by atoms with van der Waals surface area (Å²) in [5.41, 5.74) is 15.7. The van der Waals surface area contributed by atoms with Crippen LogP contribution in [0.2, 0.25) is 0 Å². The van der Waals surface area contributed by atoms with Crippen molar-refractivity contribution in [3.63, 3.8) is 0 Å². The fourth-order valence-corrected chi connectivity index (χ4v) is 3.69. The molecule has 1 aliphatic rings. The molecule has 0 aliphatic heterocycles. The fraction of sp³-hybridized carbons (Fsp3) is 0.394. The van der Waals surface area contributed by atoms with E-state index < -0.39 is 0 Å². The number of hydrogen-bond donors (Lipinski definition) is 1. The van der Waals surface area contributed by atoms with Crippen LogP contribution in [0, 0.1) is 18.3 Å². The Kier molecular flexibility index (Phi) is 12.7. The summed E-state index contributed by atoms with van der Waals surface area (Å²) in [6, 6.07) is 5.64. The zero-order valence-corrected chi connectivity index (χ0v) is 23.2. The lowest BCUT2D eigenvalue weighted by Gasteiger charge is -2.13. The van der Waals surface area contributed by atoms with Crippen LogP contribution < -0.4 is 10.5 Å². The average molecular weight is 499 g/mol. The number of allylic oxidation sites excluding steroid dienone is 5. The third-order valence-electron chi connectivity index (χ3n) is 5.93. The maximum Gasteiger partial charge on any atom is 0.138 e. The van der Waals surface area contributed by atoms with Gasteiger partial charge in [-0.15, -0.1) is 12.2 Å². The highest BCUT2D eigenvalue weighted by molar-refractivity contribution is 5.85. The molecule has 1 aliphatic carbocycles. The predicted octanol–water partition coefficient (Wildman–Crippen LogP) is 7.54. The maximum absolute atomic E-state index is 6.45. The van der Waals surface area contributed by atoms with Gasteiger partial charge in [0.1, 0.15) is 11.5 Å². The van der Waals surface area contributed by atoms with Gasteiger partial charge in [-0.05, 0) is 112 Å². The highest BCUT2D eigenvalue weighted by Crippen LogP contribution is 2.31. The van der Waals surface area contributed by atoms with E-state index in [0.29, 0.717) is 23.9 Å². The van der Waals surface area contributed by atoms with E-state index in [9.17, 15) is 0 Å². The minimum absolute atomic E-state index is 0.558. The van der Waals surface area contributed by atoms with E-state index >= 15 is 0 Å². The molecule has 0 amide bonds. The van der Waals surface area contributed by atoms with Crippen LogP contribution in [0.5, 0.6) is 5.75 Å². The molecule has 0 spiro atoms. The number of hydrogen-bond acceptors (Lipinski definition) is 4. The molecule has 0 unspecified atom stereocenters. The topological polar surface area (TPSA) is 56.8 Å². The molecule has 0 bridgehead atoms. The summed E-state index contributed by atoms with van der Waals surface area (Å²) in [5.74, 6) is 4.61. The molecule has 0 atom stereocenters. The van der Waals surface area contributed by atoms with Crippen molar-refractivity contribution in [1.29, 1.82) is 0 Å². The molecular weight excluding hydrogens is 456 g/mol. The van der Waals surface area contributed by atoms with Crippen molar-refractivity contribution in [3.8, 4) is 18.1 Å². The molecule has 1 aromatic rings. The monoisotopic (exact) mass is 498 g/mol. The Morgan fingerprint density at radius 2 is 2.03 bits per heavy atom. The number of nitrogens with two attached hydrogens (primary N) is 1. The normalized spacial score (nSPS) is 14.1. The summed E-state index contributed by atoms with van der Waals surface area (Å²) in [4.78, 5) is 4.59. The average Bonchev–Trinajstić information content (AvgIpc) is 3.00. The Balaban J connectivity index is 2.26. The van der Waals surface area contributed by atoms with Gasteiger partial charge in [-0.25, -0.2) is 0 Å². The van der Waals surface area contributed by atoms with Crippen molar-refractivity contribution in [3.05, 3.63) is 87.9 Å². The van der Waals surface area contributed by atoms with Crippen LogP contribution >= 0.6 is 0 Å². The fourth-order valence-electron chi connectivity index (χ4n) is 3.69. The second-order valence-electron chi connectivity index (χ2n) is 9.64. The first-order valence-corrected chi connectivity index (χ1v) is 13.1. The number of aliphatic imine (C=N–C) groups is 1. The SMILES string of the molecule is C#Cc1ccc(C(=C)/N=C\C(=C/C)CCN)c(OC2=CC(CCCCOCC(C)C)=C=C(C)C(C)=C2)c1. The molecule has 4 nitrogen and oxygen atoms in total. The second-order valence-corrected chi connectivity index (χ2v) is 9.64. The third-order valence-corrected chi connectivity index (χ3v) is 5.93. The van der Waals surface area contributed by atoms with Gasteiger partial charge in [-0.1, -0.05) is 32.4 Å². The minimum Gasteiger partial charge on any atom is -0.457 e. The van der Waals surface area contributed by atoms with E-state index in [1.54, 1.807) is 0 Å². The van der Waals surface area contributed by atoms with E-state index in [4.69, 9.17) is 21.6 Å². The summed E-state index contributed by atoms with van der Waals surface area (Å²) < 4.78 is 12.2. The van der Waals surface area contributed by atoms with Gasteiger partial charge in [-0.3, -0.25) is 4.99 Å². The van der Waals surface area contributed by atoms with E-state index in [1.807, 2.05) is 43.5 Å². The van der Waals surface area contributed by atoms with Crippen molar-refractivity contribution in [2.75, 3.05) is 19.8 Å². The zero-order chi connectivity index (χ0) is 27.2. The van der Waals surface area contributed by atoms with Gasteiger partial charge in [0.15, 0.2) is 0 Å². The second kappa shape index (κ2) is 15.7. The molecule has 0 aromatic heterocycles. The minimum atomic E-state index is 0.558. The Morgan fingerprint density at radius 3 is 2.70 bits per heavy atom. The molecule has 2 N–H and O–H groups in total. The smallest absolute Gasteiger partial charge is 0.138 e. The van der Waals surface area contributed by atoms with Crippen LogP contribution in [0.1, 0.15) is 71.4 Å². The zero-order valence-electron chi connectivity index (χ0n) is 23.2. The Bertz CT molecular complexity index is 1180. The lowest BCUT2D eigenvalue weighted by molar-refractivity contribution is 0.107. The number of terminal acetylenes is 1. The first-order chi connectivity index (χ1) is 17.8. The molecule has 0 radical (unpaired) electrons. The lowest BCUT2D eigenvalue weighted by Crippen LogP contribution is -2.03. The molecule has 0 saturated heterocycles. The first-order valence-electron chi connectivity index (χ1n) is 13.1. The molecule has 0 heterocycles. The first kappa shape index (κ1) is 29.9. The number of rotatable bonds is 14. The molecule has 1 aromatic carbocycles. The van der Waals surface area contributed by atoms with Crippen LogP contribution in [0.4, 0.5) is 0 Å². The maximum atomic E-state index is 6.45. The predicted molar refractivity (Wildman–Crippen MR) is 158 cm³/mol. The molecule has 0 fully saturated rings. The molecule has 196 valence electrons. The van der Waals surface area contributed by atoms with E-state index in [1.165, 1.54) is 0 Å². The van der Waals surface area contributed by atoms with Crippen LogP contribution in [-0.4, -0.2) is 26.0 Å². The Labute approximate surface area is 224 Å². The van der Waals surface area contributed by atoms with E-state index in [2.05, 4.69) is 57.0 Å². The number of benzene rings is 1. The van der Waals surface area contributed by atoms with Crippen LogP contribution in [-0.2, 0) is 4.74 Å². The van der Waals surface area contributed by atoms with Gasteiger partial charge < -0.3 is 15.2 Å². The molecule has 4 heteroatoms. The van der Waals surface area contributed by atoms with Gasteiger partial charge in [0, 0.05) is 30.6 Å². The summed E-state index contributed by atoms with van der Waals surface area (Å²) in [6.45, 7) is 16.8. The lowest BCUT2D eigenvalue weighted by atomic mass is 10.1. The number of ether oxygens (including phenoxy) is 2. The van der Waals surface area contributed by atoms with Gasteiger partial charge in [0.2, 0.25) is 0 Å². The van der Waals surface area contributed by atoms with Gasteiger partial charge in [-0.2, -0.15) is 0 Å². The van der Waals surface area contributed by atoms with Crippen LogP contribution in [0.3, 0.4) is 0 Å². The highest BCUT2D eigenvalue weighted by atomic mass is 16.5. The Hall–Kier alpha value is -3.35. The Morgan fingerprint density at radius 1 is 1.24 bits per heavy atom. The molecular formula is C33H42N2O2. The summed E-state index contributed by atoms with van der Waals surface area (Å²) in [5, 5.41) is 0. The van der Waals surface area contributed by atoms with E-state index in [-0.39, 0.29) is 0 Å². The summed E-state index contributed by atoms with van der Waals surface area (Å²) in [7, 11) is 0. The molecule has 37 heavy (non-hydrogen) atoms. The van der Waals surface area contributed by atoms with Gasteiger partial charge in [0.05, 0.1) is 5.70 Å². The molecule has 2 rings (SSSR count). The van der Waals surface area contributed by atoms with Crippen molar-refractivity contribution in [2.45, 2.75) is 60.3 Å². The van der Waals surface area contributed by atoms with Crippen LogP contribution in [0.25, 0.3) is 5.70 Å². The third kappa shape index (κ3) is 10.3. The largest absolute Gasteiger partial charge is 0.457 e. The number of unbranched alkanes of at least 4 members (excludes halogenated alkanes) is 1. The molecule has 0 saturated carbocycles. The highest BCUT2D eigenvalue weighted by Gasteiger charge is 2.12. The van der Waals surface area contributed by atoms with Crippen molar-refractivity contribution >= 4 is 11.9 Å². The number of nitrogens with zero attached hydrogens (tertiary/aromatic N) is 1. The summed E-state index contributed by atoms with van der Waals surface area (Å²) in [6.07, 6.45) is 17.3. The van der Waals surface area contributed by atoms with Gasteiger partial charge >= 0.3 is 0 Å². The quantitative estimate of drug-likeness (QED) is 0.125. The standard InChI is InChI=1S/C33H42N2O2/c1-8-28-13-14-32(27(7)35-22-29(9-2)15-16-34)33(21-28)37-31-19-26(6)25(5)18-30(20-31)12-10-11-17-36-23-24(3)4/h1,9,13-14,19-22,24H,7,10-12,15-17,23,34H2,2-6H3/b29-9-,35-22-. The van der Waals surface area contributed by atoms with Crippen molar-refractivity contribution < 1.29 is 9.47 Å². The summed E-state index contributed by atoms with van der Waals surface area (Å²) >= 11 is 0. The van der Waals surface area contributed by atoms with Gasteiger partial charge in [0.25, 0.3) is 0 Å². The van der Waals surface area contributed by atoms with Crippen LogP contribution in [0.15, 0.2) is 81.8 Å². The van der Waals surface area contributed by atoms with Crippen molar-refractivity contribution in [2.24, 2.45) is 16.6 Å².